The van der Waals surface area contributed by atoms with Crippen LogP contribution in [0.2, 0.25) is 0 Å². The van der Waals surface area contributed by atoms with E-state index in [9.17, 15) is 30.3 Å². The maximum Gasteiger partial charge on any atom is 0.345 e. The molecule has 2 amide bonds. The van der Waals surface area contributed by atoms with Crippen LogP contribution in [-0.2, 0) is 9.47 Å². The van der Waals surface area contributed by atoms with Gasteiger partial charge in [-0.15, -0.1) is 0 Å². The quantitative estimate of drug-likeness (QED) is 0.0202. The smallest absolute Gasteiger partial charge is 0.345 e. The van der Waals surface area contributed by atoms with Crippen molar-refractivity contribution in [3.8, 4) is 0 Å². The largest absolute Gasteiger partial charge is 0.394 e. The highest BCUT2D eigenvalue weighted by molar-refractivity contribution is 5.72. The lowest BCUT2D eigenvalue weighted by Crippen LogP contribution is -2.59. The number of amides is 2. The molecule has 2 heterocycles. The van der Waals surface area contributed by atoms with Crippen LogP contribution < -0.4 is 17.1 Å². The number of aliphatic hydroxyl groups excluding tert-OH is 5. The number of ether oxygens (including phenoxy) is 2. The Hall–Kier alpha value is -1.13. The number of hydrazine groups is 2. The van der Waals surface area contributed by atoms with Crippen molar-refractivity contribution in [2.45, 2.75) is 211 Å². The van der Waals surface area contributed by atoms with Crippen molar-refractivity contribution in [2.75, 3.05) is 39.4 Å². The van der Waals surface area contributed by atoms with Gasteiger partial charge in [-0.2, -0.15) is 0 Å². The van der Waals surface area contributed by atoms with Crippen molar-refractivity contribution in [2.24, 2.45) is 11.7 Å². The van der Waals surface area contributed by atoms with Gasteiger partial charge in [-0.05, 0) is 58.2 Å². The van der Waals surface area contributed by atoms with Gasteiger partial charge in [0.1, 0.15) is 24.4 Å². The van der Waals surface area contributed by atoms with Crippen LogP contribution >= 0.6 is 0 Å². The third-order valence-corrected chi connectivity index (χ3v) is 10.7. The zero-order valence-electron chi connectivity index (χ0n) is 33.6. The van der Waals surface area contributed by atoms with E-state index in [1.54, 1.807) is 0 Å². The molecule has 13 nitrogen and oxygen atoms in total. The summed E-state index contributed by atoms with van der Waals surface area (Å²) in [4.78, 5) is 13.7. The third-order valence-electron chi connectivity index (χ3n) is 10.7. The highest BCUT2D eigenvalue weighted by atomic mass is 16.7. The maximum absolute atomic E-state index is 11.1. The predicted molar refractivity (Wildman–Crippen MR) is 211 cm³/mol. The summed E-state index contributed by atoms with van der Waals surface area (Å²) in [5.41, 5.74) is 2.03. The summed E-state index contributed by atoms with van der Waals surface area (Å²) in [6.07, 6.45) is 25.4. The molecule has 0 bridgehead atoms. The van der Waals surface area contributed by atoms with Crippen LogP contribution in [0.25, 0.3) is 0 Å². The van der Waals surface area contributed by atoms with Gasteiger partial charge in [0.05, 0.1) is 19.3 Å². The number of hydrogen-bond donors (Lipinski definition) is 8. The van der Waals surface area contributed by atoms with Gasteiger partial charge in [0.25, 0.3) is 0 Å². The number of carbonyl (C=O) groups is 1. The van der Waals surface area contributed by atoms with Crippen LogP contribution in [0.3, 0.4) is 0 Å². The molecule has 0 radical (unpaired) electrons. The molecule has 0 aromatic rings. The van der Waals surface area contributed by atoms with Crippen LogP contribution in [0.1, 0.15) is 174 Å². The van der Waals surface area contributed by atoms with E-state index < -0.39 is 49.4 Å². The number of piperidine rings is 1. The first-order chi connectivity index (χ1) is 25.7. The Morgan fingerprint density at radius 2 is 1.26 bits per heavy atom. The molecule has 53 heavy (non-hydrogen) atoms. The van der Waals surface area contributed by atoms with Crippen molar-refractivity contribution in [3.05, 3.63) is 0 Å². The van der Waals surface area contributed by atoms with Gasteiger partial charge < -0.3 is 39.9 Å². The molecule has 0 aliphatic carbocycles. The first-order valence-corrected chi connectivity index (χ1v) is 21.6. The third kappa shape index (κ3) is 25.6. The number of rotatable bonds is 30. The van der Waals surface area contributed by atoms with Gasteiger partial charge in [-0.1, -0.05) is 135 Å². The number of hydrogen-bond acceptors (Lipinski definition) is 11. The first kappa shape index (κ1) is 49.9. The second-order valence-electron chi connectivity index (χ2n) is 15.4. The van der Waals surface area contributed by atoms with E-state index in [2.05, 4.69) is 11.8 Å². The molecule has 6 unspecified atom stereocenters. The Kier molecular flexibility index (Phi) is 32.1. The number of nitrogens with zero attached hydrogens (tertiary/aromatic N) is 2. The second-order valence-corrected chi connectivity index (χ2v) is 15.4. The van der Waals surface area contributed by atoms with Crippen molar-refractivity contribution < 1.29 is 39.8 Å². The average Bonchev–Trinajstić information content (AvgIpc) is 3.17. The number of carbonyl (C=O) groups excluding carboxylic acids is 1. The number of aliphatic hydroxyl groups is 5. The summed E-state index contributed by atoms with van der Waals surface area (Å²) < 4.78 is 10.7. The zero-order valence-corrected chi connectivity index (χ0v) is 33.6. The lowest BCUT2D eigenvalue weighted by Gasteiger charge is -2.39. The van der Waals surface area contributed by atoms with E-state index in [0.29, 0.717) is 13.0 Å². The molecule has 2 aliphatic heterocycles. The van der Waals surface area contributed by atoms with Crippen LogP contribution in [0.15, 0.2) is 0 Å². The molecule has 2 fully saturated rings. The minimum atomic E-state index is -1.44. The molecule has 6 atom stereocenters. The number of unbranched alkanes of at least 4 members (excludes halogenated alkanes) is 19. The Morgan fingerprint density at radius 1 is 0.755 bits per heavy atom. The highest BCUT2D eigenvalue weighted by Crippen LogP contribution is 2.22. The fourth-order valence-corrected chi connectivity index (χ4v) is 7.11. The summed E-state index contributed by atoms with van der Waals surface area (Å²) in [7, 11) is 0. The normalized spacial score (nSPS) is 22.6. The Bertz CT molecular complexity index is 826. The van der Waals surface area contributed by atoms with Crippen molar-refractivity contribution in [3.63, 3.8) is 0 Å². The standard InChI is InChI=1S/C24H48O7.C16H35N5O/c1-2-3-4-5-6-7-8-9-10-11-12-13-14-15-19(26)16-17-30-24-23(29)22(28)21(27)20(18-25)31-24;17-19-16(22)21(18)15-11-6-4-2-1-3-5-8-12-20-13-9-7-10-14-20/h19-29H,2-18H2,1H3;1-15,17-18H2,(H,19,22). The van der Waals surface area contributed by atoms with E-state index in [0.717, 1.165) is 37.1 Å². The van der Waals surface area contributed by atoms with Crippen molar-refractivity contribution in [1.29, 1.82) is 0 Å². The van der Waals surface area contributed by atoms with E-state index in [4.69, 9.17) is 21.2 Å². The Labute approximate surface area is 322 Å². The average molecular weight is 762 g/mol. The fourth-order valence-electron chi connectivity index (χ4n) is 7.11. The number of likely N-dealkylation sites (tertiary alicyclic amines) is 1. The number of urea groups is 1. The van der Waals surface area contributed by atoms with Crippen molar-refractivity contribution in [1.82, 2.24) is 15.3 Å². The molecular formula is C40H83N5O8. The van der Waals surface area contributed by atoms with E-state index in [1.807, 2.05) is 5.43 Å². The molecule has 0 aromatic carbocycles. The van der Waals surface area contributed by atoms with E-state index in [1.165, 1.54) is 148 Å². The fraction of sp³-hybridized carbons (Fsp3) is 0.975. The maximum atomic E-state index is 11.1. The Balaban J connectivity index is 0.000000561. The van der Waals surface area contributed by atoms with Gasteiger partial charge in [-0.25, -0.2) is 16.5 Å². The van der Waals surface area contributed by atoms with Crippen molar-refractivity contribution >= 4 is 6.03 Å². The van der Waals surface area contributed by atoms with Crippen LogP contribution in [0.5, 0.6) is 0 Å². The summed E-state index contributed by atoms with van der Waals surface area (Å²) in [6, 6.07) is -0.422. The molecule has 10 N–H and O–H groups in total. The molecular weight excluding hydrogens is 678 g/mol. The minimum absolute atomic E-state index is 0.169. The molecule has 0 aromatic heterocycles. The molecule has 316 valence electrons. The van der Waals surface area contributed by atoms with Gasteiger partial charge in [0.15, 0.2) is 6.29 Å². The number of nitrogens with two attached hydrogens (primary N) is 2. The lowest BCUT2D eigenvalue weighted by molar-refractivity contribution is -0.301. The first-order valence-electron chi connectivity index (χ1n) is 21.6. The van der Waals surface area contributed by atoms with E-state index >= 15 is 0 Å². The molecule has 13 heteroatoms. The van der Waals surface area contributed by atoms with Gasteiger partial charge >= 0.3 is 6.03 Å². The topological polar surface area (TPSA) is 207 Å². The molecule has 0 saturated carbocycles. The van der Waals surface area contributed by atoms with Gasteiger partial charge in [0, 0.05) is 6.54 Å². The lowest BCUT2D eigenvalue weighted by atomic mass is 9.99. The summed E-state index contributed by atoms with van der Waals surface area (Å²) in [6.45, 7) is 6.45. The van der Waals surface area contributed by atoms with Crippen LogP contribution in [-0.4, -0.2) is 118 Å². The Morgan fingerprint density at radius 3 is 1.79 bits per heavy atom. The zero-order chi connectivity index (χ0) is 38.9. The monoisotopic (exact) mass is 762 g/mol. The van der Waals surface area contributed by atoms with Crippen LogP contribution in [0, 0.1) is 0 Å². The summed E-state index contributed by atoms with van der Waals surface area (Å²) >= 11 is 0. The molecule has 0 spiro atoms. The minimum Gasteiger partial charge on any atom is -0.394 e. The highest BCUT2D eigenvalue weighted by Gasteiger charge is 2.44. The molecule has 2 saturated heterocycles. The predicted octanol–water partition coefficient (Wildman–Crippen LogP) is 5.39. The van der Waals surface area contributed by atoms with Gasteiger partial charge in [-0.3, -0.25) is 10.4 Å². The van der Waals surface area contributed by atoms with Gasteiger partial charge in [0.2, 0.25) is 0 Å². The SMILES string of the molecule is CCCCCCCCCCCCCCCC(O)CCOC1OC(CO)C(O)C(O)C1O.NNC(=O)N(N)CCCCCCCCCCN1CCCCC1. The molecule has 2 rings (SSSR count). The number of nitrogens with one attached hydrogen (secondary N) is 1. The van der Waals surface area contributed by atoms with E-state index in [-0.39, 0.29) is 6.61 Å². The second kappa shape index (κ2) is 34.1. The summed E-state index contributed by atoms with van der Waals surface area (Å²) in [5, 5.41) is 49.8. The summed E-state index contributed by atoms with van der Waals surface area (Å²) in [5.74, 6) is 10.5. The van der Waals surface area contributed by atoms with Crippen LogP contribution in [0.4, 0.5) is 4.79 Å². The molecule has 2 aliphatic rings.